The molecule has 0 radical (unpaired) electrons. The summed E-state index contributed by atoms with van der Waals surface area (Å²) in [5.74, 6) is -0.00935. The number of allylic oxidation sites excluding steroid dienone is 1. The number of amides is 1. The van der Waals surface area contributed by atoms with Gasteiger partial charge in [-0.3, -0.25) is 9.36 Å². The normalized spacial score (nSPS) is 16.0. The van der Waals surface area contributed by atoms with Gasteiger partial charge in [-0.25, -0.2) is 9.89 Å². The molecule has 0 aromatic carbocycles. The Hall–Kier alpha value is -1.50. The number of nitrogens with zero attached hydrogens (tertiary/aromatic N) is 2. The fraction of sp³-hybridized carbons (Fsp3) is 0.688. The molecule has 2 N–H and O–H groups in total. The first-order chi connectivity index (χ1) is 11.1. The number of hydrogen-bond acceptors (Lipinski definition) is 4. The zero-order valence-corrected chi connectivity index (χ0v) is 14.7. The summed E-state index contributed by atoms with van der Waals surface area (Å²) in [5.41, 5.74) is 1.24. The first kappa shape index (κ1) is 17.8. The molecule has 0 bridgehead atoms. The predicted octanol–water partition coefficient (Wildman–Crippen LogP) is 2.47. The van der Waals surface area contributed by atoms with E-state index in [1.165, 1.54) is 36.6 Å². The van der Waals surface area contributed by atoms with Crippen LogP contribution < -0.4 is 11.0 Å². The highest BCUT2D eigenvalue weighted by Crippen LogP contribution is 2.21. The molecule has 0 saturated carbocycles. The lowest BCUT2D eigenvalue weighted by molar-refractivity contribution is -0.120. The predicted molar refractivity (Wildman–Crippen MR) is 92.6 cm³/mol. The molecule has 1 heterocycles. The Morgan fingerprint density at radius 2 is 2.35 bits per heavy atom. The van der Waals surface area contributed by atoms with E-state index < -0.39 is 0 Å². The maximum Gasteiger partial charge on any atom is 0.343 e. The van der Waals surface area contributed by atoms with Crippen LogP contribution in [0.2, 0.25) is 0 Å². The largest absolute Gasteiger partial charge is 0.355 e. The minimum Gasteiger partial charge on any atom is -0.355 e. The second kappa shape index (κ2) is 8.96. The van der Waals surface area contributed by atoms with Crippen LogP contribution in [0.5, 0.6) is 0 Å². The molecule has 1 aliphatic carbocycles. The van der Waals surface area contributed by atoms with E-state index in [-0.39, 0.29) is 16.8 Å². The van der Waals surface area contributed by atoms with Gasteiger partial charge in [-0.05, 0) is 45.4 Å². The Labute approximate surface area is 141 Å². The van der Waals surface area contributed by atoms with Crippen LogP contribution >= 0.6 is 11.8 Å². The highest BCUT2D eigenvalue weighted by Gasteiger charge is 2.18. The summed E-state index contributed by atoms with van der Waals surface area (Å²) >= 11 is 1.32. The fourth-order valence-corrected chi connectivity index (χ4v) is 3.55. The number of hydrogen-bond donors (Lipinski definition) is 2. The number of rotatable bonds is 8. The Bertz CT molecular complexity index is 605. The van der Waals surface area contributed by atoms with Crippen LogP contribution in [0.1, 0.15) is 52.4 Å². The van der Waals surface area contributed by atoms with E-state index in [0.717, 1.165) is 19.3 Å². The van der Waals surface area contributed by atoms with Crippen LogP contribution in [0.3, 0.4) is 0 Å². The molecule has 0 fully saturated rings. The van der Waals surface area contributed by atoms with Crippen LogP contribution in [-0.4, -0.2) is 32.5 Å². The van der Waals surface area contributed by atoms with Gasteiger partial charge in [0.05, 0.1) is 5.25 Å². The number of aromatic nitrogens is 3. The molecule has 1 aromatic heterocycles. The average Bonchev–Trinajstić information content (AvgIpc) is 2.89. The van der Waals surface area contributed by atoms with Crippen LogP contribution in [-0.2, 0) is 11.3 Å². The summed E-state index contributed by atoms with van der Waals surface area (Å²) in [6, 6.07) is 0. The van der Waals surface area contributed by atoms with E-state index in [0.29, 0.717) is 18.2 Å². The molecule has 128 valence electrons. The minimum atomic E-state index is -0.277. The number of carbonyl (C=O) groups is 1. The number of thioether (sulfide) groups is 1. The van der Waals surface area contributed by atoms with Crippen molar-refractivity contribution >= 4 is 17.7 Å². The van der Waals surface area contributed by atoms with Crippen molar-refractivity contribution in [3.8, 4) is 0 Å². The second-order valence-electron chi connectivity index (χ2n) is 5.87. The second-order valence-corrected chi connectivity index (χ2v) is 7.18. The van der Waals surface area contributed by atoms with Crippen molar-refractivity contribution in [2.24, 2.45) is 0 Å². The van der Waals surface area contributed by atoms with Gasteiger partial charge in [0.2, 0.25) is 5.91 Å². The van der Waals surface area contributed by atoms with E-state index in [9.17, 15) is 9.59 Å². The van der Waals surface area contributed by atoms with Gasteiger partial charge in [0.15, 0.2) is 5.16 Å². The van der Waals surface area contributed by atoms with Crippen molar-refractivity contribution in [3.63, 3.8) is 0 Å². The van der Waals surface area contributed by atoms with Crippen molar-refractivity contribution in [2.75, 3.05) is 6.54 Å². The Morgan fingerprint density at radius 3 is 3.04 bits per heavy atom. The average molecular weight is 338 g/mol. The maximum absolute atomic E-state index is 12.2. The highest BCUT2D eigenvalue weighted by atomic mass is 32.2. The smallest absolute Gasteiger partial charge is 0.343 e. The highest BCUT2D eigenvalue weighted by molar-refractivity contribution is 8.00. The molecular formula is C16H26N4O2S. The molecule has 6 nitrogen and oxygen atoms in total. The first-order valence-electron chi connectivity index (χ1n) is 8.39. The summed E-state index contributed by atoms with van der Waals surface area (Å²) in [6.07, 6.45) is 8.98. The molecule has 2 rings (SSSR count). The molecule has 23 heavy (non-hydrogen) atoms. The maximum atomic E-state index is 12.2. The van der Waals surface area contributed by atoms with E-state index in [4.69, 9.17) is 0 Å². The molecule has 0 unspecified atom stereocenters. The van der Waals surface area contributed by atoms with E-state index >= 15 is 0 Å². The van der Waals surface area contributed by atoms with Crippen molar-refractivity contribution in [2.45, 2.75) is 69.3 Å². The van der Waals surface area contributed by atoms with Gasteiger partial charge < -0.3 is 5.32 Å². The van der Waals surface area contributed by atoms with Gasteiger partial charge in [-0.15, -0.1) is 5.10 Å². The third-order valence-electron chi connectivity index (χ3n) is 3.95. The molecule has 1 amide bonds. The van der Waals surface area contributed by atoms with Crippen molar-refractivity contribution in [3.05, 3.63) is 22.1 Å². The Morgan fingerprint density at radius 1 is 1.52 bits per heavy atom. The molecular weight excluding hydrogens is 312 g/mol. The van der Waals surface area contributed by atoms with E-state index in [1.54, 1.807) is 4.57 Å². The third kappa shape index (κ3) is 5.27. The lowest BCUT2D eigenvalue weighted by Crippen LogP contribution is -2.32. The van der Waals surface area contributed by atoms with Gasteiger partial charge in [0, 0.05) is 13.1 Å². The van der Waals surface area contributed by atoms with Crippen LogP contribution in [0.15, 0.2) is 21.6 Å². The van der Waals surface area contributed by atoms with Gasteiger partial charge in [0.25, 0.3) is 0 Å². The number of carbonyl (C=O) groups excluding carboxylic acids is 1. The van der Waals surface area contributed by atoms with Crippen LogP contribution in [0, 0.1) is 0 Å². The first-order valence-corrected chi connectivity index (χ1v) is 9.27. The molecule has 0 spiro atoms. The molecule has 7 heteroatoms. The molecule has 1 atom stereocenters. The molecule has 1 aromatic rings. The number of aromatic amines is 1. The third-order valence-corrected chi connectivity index (χ3v) is 5.04. The Balaban J connectivity index is 1.80. The Kier molecular flexibility index (Phi) is 6.95. The number of nitrogens with one attached hydrogen (secondary N) is 2. The summed E-state index contributed by atoms with van der Waals surface area (Å²) < 4.78 is 1.58. The lowest BCUT2D eigenvalue weighted by atomic mass is 9.97. The van der Waals surface area contributed by atoms with Gasteiger partial charge in [-0.2, -0.15) is 0 Å². The van der Waals surface area contributed by atoms with Gasteiger partial charge in [-0.1, -0.05) is 30.3 Å². The monoisotopic (exact) mass is 338 g/mol. The summed E-state index contributed by atoms with van der Waals surface area (Å²) in [7, 11) is 0. The summed E-state index contributed by atoms with van der Waals surface area (Å²) in [4.78, 5) is 23.8. The quantitative estimate of drug-likeness (QED) is 0.564. The standard InChI is InChI=1S/C16H26N4O2S/c1-3-11-20-15(22)18-19-16(20)23-12(2)14(21)17-10-9-13-7-5-4-6-8-13/h7,12H,3-6,8-11H2,1-2H3,(H,17,21)(H,18,22)/t12-/m1/s1. The molecule has 0 saturated heterocycles. The van der Waals surface area contributed by atoms with Crippen molar-refractivity contribution < 1.29 is 4.79 Å². The zero-order chi connectivity index (χ0) is 16.7. The fourth-order valence-electron chi connectivity index (χ4n) is 2.65. The molecule has 1 aliphatic rings. The summed E-state index contributed by atoms with van der Waals surface area (Å²) in [5, 5.41) is 9.74. The SMILES string of the molecule is CCCn1c(S[C@H](C)C(=O)NCCC2=CCCCC2)n[nH]c1=O. The topological polar surface area (TPSA) is 79.8 Å². The molecule has 0 aliphatic heterocycles. The van der Waals surface area contributed by atoms with Crippen molar-refractivity contribution in [1.29, 1.82) is 0 Å². The zero-order valence-electron chi connectivity index (χ0n) is 13.9. The lowest BCUT2D eigenvalue weighted by Gasteiger charge is -2.15. The van der Waals surface area contributed by atoms with E-state index in [1.807, 2.05) is 13.8 Å². The van der Waals surface area contributed by atoms with Crippen LogP contribution in [0.4, 0.5) is 0 Å². The summed E-state index contributed by atoms with van der Waals surface area (Å²) in [6.45, 7) is 5.14. The minimum absolute atomic E-state index is 0.00935. The number of H-pyrrole nitrogens is 1. The van der Waals surface area contributed by atoms with Gasteiger partial charge in [0.1, 0.15) is 0 Å². The van der Waals surface area contributed by atoms with E-state index in [2.05, 4.69) is 21.6 Å². The van der Waals surface area contributed by atoms with Crippen molar-refractivity contribution in [1.82, 2.24) is 20.1 Å². The van der Waals surface area contributed by atoms with Crippen LogP contribution in [0.25, 0.3) is 0 Å². The van der Waals surface area contributed by atoms with Gasteiger partial charge >= 0.3 is 5.69 Å².